The Morgan fingerprint density at radius 2 is 2.08 bits per heavy atom. The molecule has 3 heterocycles. The summed E-state index contributed by atoms with van der Waals surface area (Å²) in [6.45, 7) is 2.34. The van der Waals surface area contributed by atoms with Gasteiger partial charge in [0.1, 0.15) is 5.76 Å². The number of benzene rings is 1. The molecule has 126 valence electrons. The molecule has 0 saturated heterocycles. The van der Waals surface area contributed by atoms with Crippen LogP contribution in [-0.4, -0.2) is 10.9 Å². The molecule has 1 aromatic carbocycles. The van der Waals surface area contributed by atoms with E-state index in [1.807, 2.05) is 37.3 Å². The third kappa shape index (κ3) is 3.20. The van der Waals surface area contributed by atoms with E-state index in [-0.39, 0.29) is 5.91 Å². The highest BCUT2D eigenvalue weighted by molar-refractivity contribution is 7.22. The van der Waals surface area contributed by atoms with Crippen LogP contribution < -0.4 is 4.90 Å². The SMILES string of the molecule is Cc1cccc2sc(N(Cc3ccco3)C(=O)c3ccc(Cl)s3)nc12. The number of aromatic nitrogens is 1. The van der Waals surface area contributed by atoms with Crippen LogP contribution in [0.25, 0.3) is 10.2 Å². The molecule has 4 nitrogen and oxygen atoms in total. The van der Waals surface area contributed by atoms with E-state index in [1.165, 1.54) is 22.7 Å². The monoisotopic (exact) mass is 388 g/mol. The van der Waals surface area contributed by atoms with Gasteiger partial charge in [0.25, 0.3) is 5.91 Å². The van der Waals surface area contributed by atoms with Gasteiger partial charge in [0.05, 0.1) is 32.2 Å². The summed E-state index contributed by atoms with van der Waals surface area (Å²) in [4.78, 5) is 20.0. The summed E-state index contributed by atoms with van der Waals surface area (Å²) >= 11 is 8.76. The molecular formula is C18H13ClN2O2S2. The molecule has 0 radical (unpaired) electrons. The first-order chi connectivity index (χ1) is 12.1. The number of carbonyl (C=O) groups is 1. The number of hydrogen-bond donors (Lipinski definition) is 0. The molecule has 25 heavy (non-hydrogen) atoms. The second-order valence-electron chi connectivity index (χ2n) is 5.49. The lowest BCUT2D eigenvalue weighted by Gasteiger charge is -2.17. The standard InChI is InChI=1S/C18H13ClN2O2S2/c1-11-4-2-6-13-16(11)20-18(25-13)21(10-12-5-3-9-23-12)17(22)14-7-8-15(19)24-14/h2-9H,10H2,1H3. The van der Waals surface area contributed by atoms with Gasteiger partial charge in [-0.1, -0.05) is 35.1 Å². The molecule has 0 fully saturated rings. The van der Waals surface area contributed by atoms with Crippen LogP contribution in [-0.2, 0) is 6.54 Å². The lowest BCUT2D eigenvalue weighted by molar-refractivity contribution is 0.0987. The van der Waals surface area contributed by atoms with Crippen LogP contribution in [0.2, 0.25) is 4.34 Å². The van der Waals surface area contributed by atoms with E-state index in [2.05, 4.69) is 0 Å². The summed E-state index contributed by atoms with van der Waals surface area (Å²) in [7, 11) is 0. The van der Waals surface area contributed by atoms with Crippen LogP contribution in [0.1, 0.15) is 21.0 Å². The smallest absolute Gasteiger partial charge is 0.270 e. The summed E-state index contributed by atoms with van der Waals surface area (Å²) in [5.41, 5.74) is 2.01. The van der Waals surface area contributed by atoms with Gasteiger partial charge in [-0.05, 0) is 42.8 Å². The van der Waals surface area contributed by atoms with Crippen LogP contribution in [0.4, 0.5) is 5.13 Å². The molecule has 0 atom stereocenters. The number of aryl methyl sites for hydroxylation is 1. The van der Waals surface area contributed by atoms with Crippen molar-refractivity contribution in [1.29, 1.82) is 0 Å². The van der Waals surface area contributed by atoms with Gasteiger partial charge < -0.3 is 4.42 Å². The largest absolute Gasteiger partial charge is 0.467 e. The summed E-state index contributed by atoms with van der Waals surface area (Å²) in [5, 5.41) is 0.648. The van der Waals surface area contributed by atoms with Gasteiger partial charge in [0, 0.05) is 0 Å². The minimum Gasteiger partial charge on any atom is -0.467 e. The highest BCUT2D eigenvalue weighted by atomic mass is 35.5. The first-order valence-corrected chi connectivity index (χ1v) is 9.58. The predicted molar refractivity (Wildman–Crippen MR) is 103 cm³/mol. The van der Waals surface area contributed by atoms with Crippen molar-refractivity contribution in [2.24, 2.45) is 0 Å². The van der Waals surface area contributed by atoms with Crippen LogP contribution in [0, 0.1) is 6.92 Å². The van der Waals surface area contributed by atoms with Gasteiger partial charge in [-0.25, -0.2) is 4.98 Å². The zero-order valence-corrected chi connectivity index (χ0v) is 15.6. The number of amides is 1. The lowest BCUT2D eigenvalue weighted by atomic mass is 10.2. The lowest BCUT2D eigenvalue weighted by Crippen LogP contribution is -2.29. The first kappa shape index (κ1) is 16.3. The topological polar surface area (TPSA) is 46.3 Å². The zero-order valence-electron chi connectivity index (χ0n) is 13.2. The molecule has 0 aliphatic heterocycles. The third-order valence-electron chi connectivity index (χ3n) is 3.76. The highest BCUT2D eigenvalue weighted by Gasteiger charge is 2.24. The van der Waals surface area contributed by atoms with Crippen LogP contribution >= 0.6 is 34.3 Å². The average Bonchev–Trinajstić information content (AvgIpc) is 3.32. The van der Waals surface area contributed by atoms with E-state index in [4.69, 9.17) is 21.0 Å². The Morgan fingerprint density at radius 1 is 1.20 bits per heavy atom. The van der Waals surface area contributed by atoms with Crippen molar-refractivity contribution in [2.45, 2.75) is 13.5 Å². The molecule has 4 rings (SSSR count). The summed E-state index contributed by atoms with van der Waals surface area (Å²) in [6.07, 6.45) is 1.60. The Hall–Kier alpha value is -2.15. The Bertz CT molecular complexity index is 1040. The van der Waals surface area contributed by atoms with E-state index in [0.717, 1.165) is 15.8 Å². The molecule has 3 aromatic heterocycles. The van der Waals surface area contributed by atoms with E-state index >= 15 is 0 Å². The fourth-order valence-corrected chi connectivity index (χ4v) is 4.57. The maximum atomic E-state index is 13.0. The quantitative estimate of drug-likeness (QED) is 0.446. The number of hydrogen-bond acceptors (Lipinski definition) is 5. The van der Waals surface area contributed by atoms with Crippen molar-refractivity contribution in [3.05, 3.63) is 69.3 Å². The van der Waals surface area contributed by atoms with Crippen LogP contribution in [0.5, 0.6) is 0 Å². The fraction of sp³-hybridized carbons (Fsp3) is 0.111. The molecular weight excluding hydrogens is 376 g/mol. The number of thiophene rings is 1. The second-order valence-corrected chi connectivity index (χ2v) is 8.22. The van der Waals surface area contributed by atoms with Gasteiger partial charge in [-0.15, -0.1) is 11.3 Å². The van der Waals surface area contributed by atoms with Gasteiger partial charge >= 0.3 is 0 Å². The minimum atomic E-state index is -0.134. The molecule has 4 aromatic rings. The van der Waals surface area contributed by atoms with Crippen molar-refractivity contribution in [1.82, 2.24) is 4.98 Å². The van der Waals surface area contributed by atoms with E-state index in [9.17, 15) is 4.79 Å². The average molecular weight is 389 g/mol. The maximum Gasteiger partial charge on any atom is 0.270 e. The second kappa shape index (κ2) is 6.63. The number of furan rings is 1. The number of nitrogens with zero attached hydrogens (tertiary/aromatic N) is 2. The zero-order chi connectivity index (χ0) is 17.4. The van der Waals surface area contributed by atoms with E-state index in [0.29, 0.717) is 26.7 Å². The number of rotatable bonds is 4. The van der Waals surface area contributed by atoms with Crippen molar-refractivity contribution in [3.8, 4) is 0 Å². The molecule has 0 aliphatic carbocycles. The van der Waals surface area contributed by atoms with E-state index in [1.54, 1.807) is 23.3 Å². The summed E-state index contributed by atoms with van der Waals surface area (Å²) in [5.74, 6) is 0.567. The first-order valence-electron chi connectivity index (χ1n) is 7.57. The van der Waals surface area contributed by atoms with Gasteiger partial charge in [-0.2, -0.15) is 0 Å². The number of carbonyl (C=O) groups excluding carboxylic acids is 1. The molecule has 0 spiro atoms. The normalized spacial score (nSPS) is 11.1. The third-order valence-corrected chi connectivity index (χ3v) is 6.03. The Labute approximate surface area is 157 Å². The molecule has 1 amide bonds. The summed E-state index contributed by atoms with van der Waals surface area (Å²) < 4.78 is 7.07. The molecule has 0 saturated carbocycles. The van der Waals surface area contributed by atoms with Crippen molar-refractivity contribution in [2.75, 3.05) is 4.90 Å². The number of fused-ring (bicyclic) bond motifs is 1. The highest BCUT2D eigenvalue weighted by Crippen LogP contribution is 2.33. The number of thiazole rings is 1. The Kier molecular flexibility index (Phi) is 4.33. The Balaban J connectivity index is 1.78. The van der Waals surface area contributed by atoms with Gasteiger partial charge in [-0.3, -0.25) is 9.69 Å². The van der Waals surface area contributed by atoms with Crippen molar-refractivity contribution in [3.63, 3.8) is 0 Å². The molecule has 0 unspecified atom stereocenters. The van der Waals surface area contributed by atoms with Crippen molar-refractivity contribution < 1.29 is 9.21 Å². The van der Waals surface area contributed by atoms with Crippen molar-refractivity contribution >= 4 is 55.5 Å². The number of halogens is 1. The molecule has 0 aliphatic rings. The van der Waals surface area contributed by atoms with E-state index < -0.39 is 0 Å². The summed E-state index contributed by atoms with van der Waals surface area (Å²) in [6, 6.07) is 13.2. The molecule has 7 heteroatoms. The number of anilines is 1. The Morgan fingerprint density at radius 3 is 2.76 bits per heavy atom. The minimum absolute atomic E-state index is 0.134. The predicted octanol–water partition coefficient (Wildman–Crippen LogP) is 5.76. The number of para-hydroxylation sites is 1. The van der Waals surface area contributed by atoms with Gasteiger partial charge in [0.15, 0.2) is 5.13 Å². The van der Waals surface area contributed by atoms with Gasteiger partial charge in [0.2, 0.25) is 0 Å². The molecule has 0 N–H and O–H groups in total. The van der Waals surface area contributed by atoms with Crippen LogP contribution in [0.15, 0.2) is 53.1 Å². The fourth-order valence-electron chi connectivity index (χ4n) is 2.54. The maximum absolute atomic E-state index is 13.0. The molecule has 0 bridgehead atoms. The van der Waals surface area contributed by atoms with Crippen LogP contribution in [0.3, 0.4) is 0 Å².